The van der Waals surface area contributed by atoms with Crippen LogP contribution in [0.1, 0.15) is 24.8 Å². The molecule has 0 aromatic heterocycles. The standard InChI is InChI=1S/C14H19N3O3S/c1-17(10-13-4-2-3-7-20-13)21(18,19)14-6-5-12(16)8-11(14)9-15/h5-6,8,13H,2-4,7,10,16H2,1H3. The zero-order valence-electron chi connectivity index (χ0n) is 11.9. The lowest BCUT2D eigenvalue weighted by molar-refractivity contribution is 0.00858. The second kappa shape index (κ2) is 6.43. The summed E-state index contributed by atoms with van der Waals surface area (Å²) in [5.41, 5.74) is 6.02. The lowest BCUT2D eigenvalue weighted by Gasteiger charge is -2.27. The minimum Gasteiger partial charge on any atom is -0.399 e. The molecule has 1 aromatic rings. The van der Waals surface area contributed by atoms with Crippen LogP contribution < -0.4 is 5.73 Å². The number of rotatable bonds is 4. The summed E-state index contributed by atoms with van der Waals surface area (Å²) in [7, 11) is -2.22. The van der Waals surface area contributed by atoms with E-state index in [1.54, 1.807) is 0 Å². The van der Waals surface area contributed by atoms with Gasteiger partial charge in [0.25, 0.3) is 0 Å². The lowest BCUT2D eigenvalue weighted by atomic mass is 10.1. The van der Waals surface area contributed by atoms with Crippen LogP contribution in [0.25, 0.3) is 0 Å². The highest BCUT2D eigenvalue weighted by Crippen LogP contribution is 2.23. The van der Waals surface area contributed by atoms with Gasteiger partial charge in [0.2, 0.25) is 10.0 Å². The molecule has 1 aliphatic rings. The number of nitriles is 1. The summed E-state index contributed by atoms with van der Waals surface area (Å²) in [4.78, 5) is -0.0162. The van der Waals surface area contributed by atoms with E-state index in [4.69, 9.17) is 15.7 Å². The molecular formula is C14H19N3O3S. The number of ether oxygens (including phenoxy) is 1. The van der Waals surface area contributed by atoms with Crippen molar-refractivity contribution < 1.29 is 13.2 Å². The number of benzene rings is 1. The molecule has 1 aliphatic heterocycles. The van der Waals surface area contributed by atoms with Gasteiger partial charge in [-0.25, -0.2) is 8.42 Å². The van der Waals surface area contributed by atoms with E-state index in [-0.39, 0.29) is 23.1 Å². The van der Waals surface area contributed by atoms with Gasteiger partial charge in [-0.05, 0) is 37.5 Å². The zero-order valence-corrected chi connectivity index (χ0v) is 12.8. The van der Waals surface area contributed by atoms with Crippen LogP contribution in [0, 0.1) is 11.3 Å². The topological polar surface area (TPSA) is 96.4 Å². The smallest absolute Gasteiger partial charge is 0.244 e. The van der Waals surface area contributed by atoms with Crippen LogP contribution in [-0.4, -0.2) is 39.0 Å². The molecule has 0 saturated carbocycles. The molecule has 0 bridgehead atoms. The molecule has 1 unspecified atom stereocenters. The fourth-order valence-corrected chi connectivity index (χ4v) is 3.68. The van der Waals surface area contributed by atoms with Crippen LogP contribution >= 0.6 is 0 Å². The van der Waals surface area contributed by atoms with E-state index >= 15 is 0 Å². The number of nitrogens with two attached hydrogens (primary N) is 1. The molecule has 0 spiro atoms. The normalized spacial score (nSPS) is 19.4. The first-order chi connectivity index (χ1) is 9.95. The van der Waals surface area contributed by atoms with Gasteiger partial charge in [-0.2, -0.15) is 9.57 Å². The second-order valence-corrected chi connectivity index (χ2v) is 7.15. The van der Waals surface area contributed by atoms with Crippen molar-refractivity contribution >= 4 is 15.7 Å². The van der Waals surface area contributed by atoms with Gasteiger partial charge >= 0.3 is 0 Å². The fourth-order valence-electron chi connectivity index (χ4n) is 2.36. The predicted molar refractivity (Wildman–Crippen MR) is 79.0 cm³/mol. The molecule has 1 atom stereocenters. The highest BCUT2D eigenvalue weighted by molar-refractivity contribution is 7.89. The SMILES string of the molecule is CN(CC1CCCCO1)S(=O)(=O)c1ccc(N)cc1C#N. The van der Waals surface area contributed by atoms with E-state index in [1.807, 2.05) is 6.07 Å². The molecule has 1 aromatic carbocycles. The molecule has 2 N–H and O–H groups in total. The molecule has 1 fully saturated rings. The van der Waals surface area contributed by atoms with E-state index in [1.165, 1.54) is 29.6 Å². The lowest BCUT2D eigenvalue weighted by Crippen LogP contribution is -2.37. The highest BCUT2D eigenvalue weighted by Gasteiger charge is 2.27. The Bertz CT molecular complexity index is 646. The van der Waals surface area contributed by atoms with E-state index in [0.29, 0.717) is 12.3 Å². The predicted octanol–water partition coefficient (Wildman–Crippen LogP) is 1.33. The van der Waals surface area contributed by atoms with Crippen molar-refractivity contribution in [2.24, 2.45) is 0 Å². The van der Waals surface area contributed by atoms with Crippen molar-refractivity contribution in [3.05, 3.63) is 23.8 Å². The van der Waals surface area contributed by atoms with Crippen LogP contribution in [0.15, 0.2) is 23.1 Å². The van der Waals surface area contributed by atoms with Crippen molar-refractivity contribution in [3.8, 4) is 6.07 Å². The summed E-state index contributed by atoms with van der Waals surface area (Å²) in [5.74, 6) is 0. The summed E-state index contributed by atoms with van der Waals surface area (Å²) in [6.45, 7) is 0.960. The summed E-state index contributed by atoms with van der Waals surface area (Å²) >= 11 is 0. The van der Waals surface area contributed by atoms with E-state index in [2.05, 4.69) is 0 Å². The second-order valence-electron chi connectivity index (χ2n) is 5.14. The molecular weight excluding hydrogens is 290 g/mol. The Morgan fingerprint density at radius 1 is 1.48 bits per heavy atom. The molecule has 6 nitrogen and oxygen atoms in total. The molecule has 0 aliphatic carbocycles. The van der Waals surface area contributed by atoms with Gasteiger partial charge in [-0.15, -0.1) is 0 Å². The zero-order chi connectivity index (χ0) is 15.5. The molecule has 1 heterocycles. The third kappa shape index (κ3) is 3.53. The molecule has 114 valence electrons. The average Bonchev–Trinajstić information content (AvgIpc) is 2.47. The van der Waals surface area contributed by atoms with Crippen molar-refractivity contribution in [2.75, 3.05) is 25.9 Å². The Balaban J connectivity index is 2.23. The van der Waals surface area contributed by atoms with Crippen LogP contribution in [0.2, 0.25) is 0 Å². The number of likely N-dealkylation sites (N-methyl/N-ethyl adjacent to an activating group) is 1. The number of hydrogen-bond donors (Lipinski definition) is 1. The van der Waals surface area contributed by atoms with Gasteiger partial charge in [-0.3, -0.25) is 0 Å². The monoisotopic (exact) mass is 309 g/mol. The third-order valence-corrected chi connectivity index (χ3v) is 5.43. The Morgan fingerprint density at radius 3 is 2.86 bits per heavy atom. The largest absolute Gasteiger partial charge is 0.399 e. The van der Waals surface area contributed by atoms with Gasteiger partial charge in [0, 0.05) is 25.9 Å². The van der Waals surface area contributed by atoms with Crippen molar-refractivity contribution in [1.29, 1.82) is 5.26 Å². The molecule has 0 radical (unpaired) electrons. The van der Waals surface area contributed by atoms with Gasteiger partial charge in [0.05, 0.1) is 11.7 Å². The van der Waals surface area contributed by atoms with Crippen LogP contribution in [0.3, 0.4) is 0 Å². The van der Waals surface area contributed by atoms with Gasteiger partial charge in [-0.1, -0.05) is 0 Å². The average molecular weight is 309 g/mol. The Hall–Kier alpha value is -1.62. The number of nitrogen functional groups attached to an aromatic ring is 1. The Labute approximate surface area is 125 Å². The Morgan fingerprint density at radius 2 is 2.24 bits per heavy atom. The quantitative estimate of drug-likeness (QED) is 0.846. The molecule has 1 saturated heterocycles. The van der Waals surface area contributed by atoms with Gasteiger partial charge in [0.15, 0.2) is 0 Å². The third-order valence-electron chi connectivity index (χ3n) is 3.55. The van der Waals surface area contributed by atoms with Crippen molar-refractivity contribution in [2.45, 2.75) is 30.3 Å². The van der Waals surface area contributed by atoms with Crippen LogP contribution in [0.4, 0.5) is 5.69 Å². The van der Waals surface area contributed by atoms with Crippen molar-refractivity contribution in [3.63, 3.8) is 0 Å². The maximum atomic E-state index is 12.6. The first kappa shape index (κ1) is 15.8. The van der Waals surface area contributed by atoms with Crippen LogP contribution in [-0.2, 0) is 14.8 Å². The summed E-state index contributed by atoms with van der Waals surface area (Å²) in [5, 5.41) is 9.10. The fraction of sp³-hybridized carbons (Fsp3) is 0.500. The maximum Gasteiger partial charge on any atom is 0.244 e. The first-order valence-corrected chi connectivity index (χ1v) is 8.26. The van der Waals surface area contributed by atoms with Crippen molar-refractivity contribution in [1.82, 2.24) is 4.31 Å². The summed E-state index contributed by atoms with van der Waals surface area (Å²) in [6, 6.07) is 6.12. The summed E-state index contributed by atoms with van der Waals surface area (Å²) in [6.07, 6.45) is 2.83. The number of sulfonamides is 1. The molecule has 2 rings (SSSR count). The Kier molecular flexibility index (Phi) is 4.83. The van der Waals surface area contributed by atoms with Gasteiger partial charge in [0.1, 0.15) is 11.0 Å². The molecule has 7 heteroatoms. The van der Waals surface area contributed by atoms with E-state index in [0.717, 1.165) is 19.3 Å². The molecule has 21 heavy (non-hydrogen) atoms. The minimum atomic E-state index is -3.72. The maximum absolute atomic E-state index is 12.6. The first-order valence-electron chi connectivity index (χ1n) is 6.82. The van der Waals surface area contributed by atoms with E-state index < -0.39 is 10.0 Å². The minimum absolute atomic E-state index is 0.0162. The van der Waals surface area contributed by atoms with Crippen LogP contribution in [0.5, 0.6) is 0 Å². The van der Waals surface area contributed by atoms with E-state index in [9.17, 15) is 8.42 Å². The highest BCUT2D eigenvalue weighted by atomic mass is 32.2. The summed E-state index contributed by atoms with van der Waals surface area (Å²) < 4.78 is 32.0. The number of nitrogens with zero attached hydrogens (tertiary/aromatic N) is 2. The van der Waals surface area contributed by atoms with Gasteiger partial charge < -0.3 is 10.5 Å². The number of hydrogen-bond acceptors (Lipinski definition) is 5. The number of anilines is 1. The molecule has 0 amide bonds.